The predicted molar refractivity (Wildman–Crippen MR) is 117 cm³/mol. The van der Waals surface area contributed by atoms with E-state index < -0.39 is 11.8 Å². The fraction of sp³-hybridized carbons (Fsp3) is 0.583. The van der Waals surface area contributed by atoms with Crippen molar-refractivity contribution in [3.8, 4) is 17.6 Å². The van der Waals surface area contributed by atoms with Gasteiger partial charge in [-0.25, -0.2) is 0 Å². The Bertz CT molecular complexity index is 903. The number of nitrogens with two attached hydrogens (primary N) is 1. The summed E-state index contributed by atoms with van der Waals surface area (Å²) in [4.78, 5) is 15.1. The molecule has 8 nitrogen and oxygen atoms in total. The summed E-state index contributed by atoms with van der Waals surface area (Å²) in [6.45, 7) is 7.06. The highest BCUT2D eigenvalue weighted by Gasteiger charge is 2.46. The van der Waals surface area contributed by atoms with Crippen LogP contribution in [0.2, 0.25) is 0 Å². The summed E-state index contributed by atoms with van der Waals surface area (Å²) in [6.07, 6.45) is 1.74. The third-order valence-corrected chi connectivity index (χ3v) is 6.41. The molecule has 1 aromatic rings. The molecular weight excluding hydrogens is 410 g/mol. The van der Waals surface area contributed by atoms with Crippen LogP contribution in [0.3, 0.4) is 0 Å². The molecule has 1 aromatic carbocycles. The van der Waals surface area contributed by atoms with Gasteiger partial charge in [0, 0.05) is 32.0 Å². The van der Waals surface area contributed by atoms with E-state index in [1.54, 1.807) is 0 Å². The summed E-state index contributed by atoms with van der Waals surface area (Å²) in [5, 5.41) is 9.79. The fourth-order valence-corrected chi connectivity index (χ4v) is 4.84. The molecule has 2 fully saturated rings. The van der Waals surface area contributed by atoms with E-state index in [1.165, 1.54) is 0 Å². The topological polar surface area (TPSA) is 107 Å². The third kappa shape index (κ3) is 4.69. The molecule has 2 N–H and O–H groups in total. The van der Waals surface area contributed by atoms with Crippen LogP contribution in [-0.4, -0.2) is 62.8 Å². The lowest BCUT2D eigenvalue weighted by atomic mass is 9.70. The Morgan fingerprint density at radius 1 is 1.25 bits per heavy atom. The first-order chi connectivity index (χ1) is 15.6. The summed E-state index contributed by atoms with van der Waals surface area (Å²) in [6, 6.07) is 7.84. The molecule has 2 aliphatic heterocycles. The Morgan fingerprint density at radius 3 is 2.81 bits per heavy atom. The summed E-state index contributed by atoms with van der Waals surface area (Å²) in [5.41, 5.74) is 7.22. The largest absolute Gasteiger partial charge is 0.490 e. The van der Waals surface area contributed by atoms with Crippen LogP contribution in [0.5, 0.6) is 11.5 Å². The maximum absolute atomic E-state index is 12.8. The first kappa shape index (κ1) is 22.4. The molecule has 0 spiro atoms. The SMILES string of the molecule is CCOc1cc([C@H]2C(C#N)=C(N)O[C@@H]3CCCC(=O)[C@@H]23)ccc1OCCN1CCOCC1. The Balaban J connectivity index is 1.57. The van der Waals surface area contributed by atoms with Crippen LogP contribution in [0.4, 0.5) is 0 Å². The van der Waals surface area contributed by atoms with Crippen molar-refractivity contribution in [2.75, 3.05) is 46.1 Å². The number of carbonyl (C=O) groups excluding carboxylic acids is 1. The lowest BCUT2D eigenvalue weighted by Crippen LogP contribution is -2.43. The number of allylic oxidation sites excluding steroid dienone is 1. The van der Waals surface area contributed by atoms with Gasteiger partial charge in [-0.1, -0.05) is 6.07 Å². The molecule has 32 heavy (non-hydrogen) atoms. The van der Waals surface area contributed by atoms with Crippen LogP contribution < -0.4 is 15.2 Å². The Labute approximate surface area is 188 Å². The first-order valence-corrected chi connectivity index (χ1v) is 11.4. The number of benzene rings is 1. The summed E-state index contributed by atoms with van der Waals surface area (Å²) < 4.78 is 23.1. The van der Waals surface area contributed by atoms with E-state index in [2.05, 4.69) is 11.0 Å². The zero-order valence-corrected chi connectivity index (χ0v) is 18.5. The number of Topliss-reactive ketones (excluding diaryl/α,β-unsaturated/α-hetero) is 1. The average molecular weight is 442 g/mol. The minimum atomic E-state index is -0.437. The van der Waals surface area contributed by atoms with Crippen LogP contribution in [-0.2, 0) is 14.3 Å². The Morgan fingerprint density at radius 2 is 2.06 bits per heavy atom. The van der Waals surface area contributed by atoms with Gasteiger partial charge in [0.25, 0.3) is 0 Å². The Kier molecular flexibility index (Phi) is 7.18. The molecule has 2 heterocycles. The minimum Gasteiger partial charge on any atom is -0.490 e. The van der Waals surface area contributed by atoms with Gasteiger partial charge in [0.2, 0.25) is 0 Å². The van der Waals surface area contributed by atoms with Crippen molar-refractivity contribution in [1.29, 1.82) is 5.26 Å². The van der Waals surface area contributed by atoms with E-state index in [9.17, 15) is 10.1 Å². The number of nitrogens with zero attached hydrogens (tertiary/aromatic N) is 2. The van der Waals surface area contributed by atoms with E-state index in [0.717, 1.165) is 51.3 Å². The van der Waals surface area contributed by atoms with Gasteiger partial charge in [-0.3, -0.25) is 9.69 Å². The van der Waals surface area contributed by atoms with Crippen molar-refractivity contribution in [3.05, 3.63) is 35.2 Å². The van der Waals surface area contributed by atoms with Gasteiger partial charge in [-0.2, -0.15) is 5.26 Å². The molecule has 3 aliphatic rings. The maximum Gasteiger partial charge on any atom is 0.199 e. The second-order valence-electron chi connectivity index (χ2n) is 8.35. The number of morpholine rings is 1. The lowest BCUT2D eigenvalue weighted by Gasteiger charge is -2.40. The average Bonchev–Trinajstić information content (AvgIpc) is 2.80. The molecule has 0 radical (unpaired) electrons. The van der Waals surface area contributed by atoms with Crippen molar-refractivity contribution in [2.45, 2.75) is 38.2 Å². The molecule has 0 aromatic heterocycles. The van der Waals surface area contributed by atoms with Gasteiger partial charge >= 0.3 is 0 Å². The molecule has 0 amide bonds. The first-order valence-electron chi connectivity index (χ1n) is 11.4. The molecule has 4 rings (SSSR count). The molecule has 172 valence electrons. The Hall–Kier alpha value is -2.76. The standard InChI is InChI=1S/C24H31N3O5/c1-2-30-21-14-16(6-7-19(21)31-13-10-27-8-11-29-12-9-27)22-17(15-25)24(26)32-20-5-3-4-18(28)23(20)22/h6-7,14,20,22-23H,2-5,8-13,26H2,1H3/t20-,22+,23-/m1/s1. The second kappa shape index (κ2) is 10.2. The smallest absolute Gasteiger partial charge is 0.199 e. The van der Waals surface area contributed by atoms with Crippen LogP contribution in [0.25, 0.3) is 0 Å². The number of hydrogen-bond donors (Lipinski definition) is 1. The van der Waals surface area contributed by atoms with E-state index in [0.29, 0.717) is 36.7 Å². The van der Waals surface area contributed by atoms with Gasteiger partial charge in [-0.15, -0.1) is 0 Å². The highest BCUT2D eigenvalue weighted by atomic mass is 16.5. The van der Waals surface area contributed by atoms with Crippen molar-refractivity contribution >= 4 is 5.78 Å². The summed E-state index contributed by atoms with van der Waals surface area (Å²) in [5.74, 6) is 0.654. The van der Waals surface area contributed by atoms with Crippen LogP contribution in [0.15, 0.2) is 29.7 Å². The van der Waals surface area contributed by atoms with Crippen molar-refractivity contribution in [3.63, 3.8) is 0 Å². The third-order valence-electron chi connectivity index (χ3n) is 6.41. The second-order valence-corrected chi connectivity index (χ2v) is 8.35. The quantitative estimate of drug-likeness (QED) is 0.687. The number of carbonyl (C=O) groups is 1. The number of rotatable bonds is 7. The van der Waals surface area contributed by atoms with E-state index >= 15 is 0 Å². The fourth-order valence-electron chi connectivity index (χ4n) is 4.84. The number of nitriles is 1. The zero-order valence-electron chi connectivity index (χ0n) is 18.5. The highest BCUT2D eigenvalue weighted by Crippen LogP contribution is 2.46. The van der Waals surface area contributed by atoms with Crippen LogP contribution in [0.1, 0.15) is 37.7 Å². The summed E-state index contributed by atoms with van der Waals surface area (Å²) >= 11 is 0. The molecule has 1 saturated carbocycles. The molecule has 1 saturated heterocycles. The molecule has 1 aliphatic carbocycles. The molecular formula is C24H31N3O5. The zero-order chi connectivity index (χ0) is 22.5. The lowest BCUT2D eigenvalue weighted by molar-refractivity contribution is -0.132. The number of ketones is 1. The normalized spacial score (nSPS) is 26.1. The number of fused-ring (bicyclic) bond motifs is 1. The van der Waals surface area contributed by atoms with Gasteiger partial charge < -0.3 is 24.7 Å². The highest BCUT2D eigenvalue weighted by molar-refractivity contribution is 5.84. The van der Waals surface area contributed by atoms with Crippen molar-refractivity contribution in [2.24, 2.45) is 11.7 Å². The maximum atomic E-state index is 12.8. The van der Waals surface area contributed by atoms with Crippen molar-refractivity contribution in [1.82, 2.24) is 4.90 Å². The molecule has 8 heteroatoms. The van der Waals surface area contributed by atoms with Gasteiger partial charge in [0.15, 0.2) is 17.4 Å². The monoisotopic (exact) mass is 441 g/mol. The van der Waals surface area contributed by atoms with Crippen molar-refractivity contribution < 1.29 is 23.7 Å². The molecule has 0 bridgehead atoms. The minimum absolute atomic E-state index is 0.121. The summed E-state index contributed by atoms with van der Waals surface area (Å²) in [7, 11) is 0. The number of hydrogen-bond acceptors (Lipinski definition) is 8. The van der Waals surface area contributed by atoms with Crippen LogP contribution >= 0.6 is 0 Å². The van der Waals surface area contributed by atoms with E-state index in [1.807, 2.05) is 25.1 Å². The molecule has 3 atom stereocenters. The van der Waals surface area contributed by atoms with E-state index in [4.69, 9.17) is 24.7 Å². The number of ether oxygens (including phenoxy) is 4. The van der Waals surface area contributed by atoms with Gasteiger partial charge in [0.1, 0.15) is 24.6 Å². The van der Waals surface area contributed by atoms with Gasteiger partial charge in [-0.05, 0) is 37.5 Å². The molecule has 0 unspecified atom stereocenters. The van der Waals surface area contributed by atoms with Gasteiger partial charge in [0.05, 0.1) is 31.3 Å². The van der Waals surface area contributed by atoms with E-state index in [-0.39, 0.29) is 17.8 Å². The van der Waals surface area contributed by atoms with Crippen LogP contribution in [0, 0.1) is 17.2 Å². The predicted octanol–water partition coefficient (Wildman–Crippen LogP) is 2.34.